The van der Waals surface area contributed by atoms with Gasteiger partial charge in [-0.25, -0.2) is 4.98 Å². The minimum Gasteiger partial charge on any atom is -0.383 e. The molecule has 0 spiro atoms. The molecule has 0 saturated heterocycles. The zero-order valence-corrected chi connectivity index (χ0v) is 18.8. The standard InChI is InChI=1S/C23H26ClN3OS/c1-15-5-9-20(10-6-15)25-23(29)27(11-12-28-4)14-19-13-18-8-7-16(2)17(3)21(18)26-22(19)24/h5-10,13H,11-12,14H2,1-4H3,(H,25,29). The maximum absolute atomic E-state index is 6.56. The van der Waals surface area contributed by atoms with Gasteiger partial charge in [0.25, 0.3) is 0 Å². The number of ether oxygens (including phenoxy) is 1. The number of thiocarbonyl (C=S) groups is 1. The first-order valence-electron chi connectivity index (χ1n) is 9.56. The second-order valence-corrected chi connectivity index (χ2v) is 7.97. The second-order valence-electron chi connectivity index (χ2n) is 7.23. The number of halogens is 1. The molecule has 0 atom stereocenters. The van der Waals surface area contributed by atoms with Gasteiger partial charge in [0.1, 0.15) is 5.15 Å². The number of aryl methyl sites for hydroxylation is 3. The Morgan fingerprint density at radius 3 is 2.55 bits per heavy atom. The fourth-order valence-electron chi connectivity index (χ4n) is 3.11. The molecule has 1 heterocycles. The van der Waals surface area contributed by atoms with Crippen LogP contribution in [-0.2, 0) is 11.3 Å². The Bertz CT molecular complexity index is 1020. The largest absolute Gasteiger partial charge is 0.383 e. The van der Waals surface area contributed by atoms with Crippen molar-refractivity contribution >= 4 is 45.5 Å². The highest BCUT2D eigenvalue weighted by Crippen LogP contribution is 2.26. The molecule has 0 radical (unpaired) electrons. The number of nitrogens with one attached hydrogen (secondary N) is 1. The van der Waals surface area contributed by atoms with E-state index >= 15 is 0 Å². The number of methoxy groups -OCH3 is 1. The average molecular weight is 428 g/mol. The molecule has 0 bridgehead atoms. The van der Waals surface area contributed by atoms with E-state index < -0.39 is 0 Å². The van der Waals surface area contributed by atoms with Gasteiger partial charge < -0.3 is 15.0 Å². The van der Waals surface area contributed by atoms with Gasteiger partial charge in [0.05, 0.1) is 12.1 Å². The SMILES string of the molecule is COCCN(Cc1cc2ccc(C)c(C)c2nc1Cl)C(=S)Nc1ccc(C)cc1. The van der Waals surface area contributed by atoms with Crippen molar-refractivity contribution in [2.45, 2.75) is 27.3 Å². The summed E-state index contributed by atoms with van der Waals surface area (Å²) < 4.78 is 5.28. The van der Waals surface area contributed by atoms with Crippen LogP contribution in [0.3, 0.4) is 0 Å². The fraction of sp³-hybridized carbons (Fsp3) is 0.304. The maximum atomic E-state index is 6.56. The lowest BCUT2D eigenvalue weighted by Gasteiger charge is -2.26. The summed E-state index contributed by atoms with van der Waals surface area (Å²) in [5, 5.41) is 5.52. The van der Waals surface area contributed by atoms with Crippen LogP contribution in [0.1, 0.15) is 22.3 Å². The number of rotatable bonds is 6. The first-order chi connectivity index (χ1) is 13.9. The third kappa shape index (κ3) is 5.24. The van der Waals surface area contributed by atoms with Gasteiger partial charge >= 0.3 is 0 Å². The first-order valence-corrected chi connectivity index (χ1v) is 10.3. The Morgan fingerprint density at radius 2 is 1.86 bits per heavy atom. The Balaban J connectivity index is 1.85. The van der Waals surface area contributed by atoms with Gasteiger partial charge in [-0.05, 0) is 62.3 Å². The summed E-state index contributed by atoms with van der Waals surface area (Å²) in [5.74, 6) is 0. The van der Waals surface area contributed by atoms with Crippen LogP contribution in [0.5, 0.6) is 0 Å². The van der Waals surface area contributed by atoms with Crippen molar-refractivity contribution in [3.8, 4) is 0 Å². The summed E-state index contributed by atoms with van der Waals surface area (Å²) in [4.78, 5) is 6.72. The number of aromatic nitrogens is 1. The van der Waals surface area contributed by atoms with Crippen molar-refractivity contribution in [1.29, 1.82) is 0 Å². The first kappa shape index (κ1) is 21.5. The molecule has 0 aliphatic heterocycles. The van der Waals surface area contributed by atoms with Crippen molar-refractivity contribution in [2.75, 3.05) is 25.6 Å². The van der Waals surface area contributed by atoms with Gasteiger partial charge in [-0.3, -0.25) is 0 Å². The lowest BCUT2D eigenvalue weighted by Crippen LogP contribution is -2.36. The molecule has 6 heteroatoms. The van der Waals surface area contributed by atoms with Crippen molar-refractivity contribution < 1.29 is 4.74 Å². The van der Waals surface area contributed by atoms with Crippen LogP contribution < -0.4 is 5.32 Å². The highest BCUT2D eigenvalue weighted by molar-refractivity contribution is 7.80. The molecular weight excluding hydrogens is 402 g/mol. The summed E-state index contributed by atoms with van der Waals surface area (Å²) in [6.45, 7) is 7.98. The predicted octanol–water partition coefficient (Wildman–Crippen LogP) is 5.66. The molecule has 0 unspecified atom stereocenters. The van der Waals surface area contributed by atoms with Gasteiger partial charge in [0.15, 0.2) is 5.11 Å². The summed E-state index contributed by atoms with van der Waals surface area (Å²) in [6.07, 6.45) is 0. The summed E-state index contributed by atoms with van der Waals surface area (Å²) in [6, 6.07) is 14.5. The molecule has 0 fully saturated rings. The fourth-order valence-corrected chi connectivity index (χ4v) is 3.59. The van der Waals surface area contributed by atoms with Gasteiger partial charge in [0.2, 0.25) is 0 Å². The molecule has 1 aromatic heterocycles. The molecule has 29 heavy (non-hydrogen) atoms. The Labute approximate surface area is 182 Å². The number of pyridine rings is 1. The highest BCUT2D eigenvalue weighted by Gasteiger charge is 2.15. The van der Waals surface area contributed by atoms with E-state index in [4.69, 9.17) is 28.6 Å². The molecule has 4 nitrogen and oxygen atoms in total. The number of benzene rings is 2. The van der Waals surface area contributed by atoms with Gasteiger partial charge in [0, 0.05) is 36.8 Å². The number of fused-ring (bicyclic) bond motifs is 1. The summed E-state index contributed by atoms with van der Waals surface area (Å²) in [7, 11) is 1.68. The van der Waals surface area contributed by atoms with Crippen LogP contribution in [0.25, 0.3) is 10.9 Å². The van der Waals surface area contributed by atoms with Crippen LogP contribution in [0.2, 0.25) is 5.15 Å². The smallest absolute Gasteiger partial charge is 0.173 e. The molecule has 0 saturated carbocycles. The molecule has 0 aliphatic rings. The molecule has 3 aromatic rings. The molecular formula is C23H26ClN3OS. The lowest BCUT2D eigenvalue weighted by molar-refractivity contribution is 0.175. The van der Waals surface area contributed by atoms with Crippen molar-refractivity contribution in [2.24, 2.45) is 0 Å². The highest BCUT2D eigenvalue weighted by atomic mass is 35.5. The van der Waals surface area contributed by atoms with E-state index in [0.29, 0.717) is 30.0 Å². The number of nitrogens with zero attached hydrogens (tertiary/aromatic N) is 2. The minimum atomic E-state index is 0.506. The maximum Gasteiger partial charge on any atom is 0.173 e. The topological polar surface area (TPSA) is 37.4 Å². The second kappa shape index (κ2) is 9.53. The Kier molecular flexibility index (Phi) is 7.06. The number of hydrogen-bond donors (Lipinski definition) is 1. The third-order valence-corrected chi connectivity index (χ3v) is 5.74. The quantitative estimate of drug-likeness (QED) is 0.406. The van der Waals surface area contributed by atoms with Crippen LogP contribution in [-0.4, -0.2) is 35.3 Å². The van der Waals surface area contributed by atoms with E-state index in [-0.39, 0.29) is 0 Å². The molecule has 152 valence electrons. The third-order valence-electron chi connectivity index (χ3n) is 5.05. The molecule has 1 N–H and O–H groups in total. The number of hydrogen-bond acceptors (Lipinski definition) is 3. The van der Waals surface area contributed by atoms with E-state index in [1.807, 2.05) is 12.1 Å². The van der Waals surface area contributed by atoms with Crippen LogP contribution in [0.15, 0.2) is 42.5 Å². The van der Waals surface area contributed by atoms with Gasteiger partial charge in [-0.2, -0.15) is 0 Å². The van der Waals surface area contributed by atoms with Crippen LogP contribution in [0.4, 0.5) is 5.69 Å². The molecule has 0 amide bonds. The normalized spacial score (nSPS) is 10.9. The minimum absolute atomic E-state index is 0.506. The zero-order valence-electron chi connectivity index (χ0n) is 17.3. The van der Waals surface area contributed by atoms with E-state index in [9.17, 15) is 0 Å². The van der Waals surface area contributed by atoms with Crippen LogP contribution >= 0.6 is 23.8 Å². The van der Waals surface area contributed by atoms with Crippen LogP contribution in [0, 0.1) is 20.8 Å². The van der Waals surface area contributed by atoms with Crippen molar-refractivity contribution in [3.63, 3.8) is 0 Å². The summed E-state index contributed by atoms with van der Waals surface area (Å²) in [5.41, 5.74) is 6.41. The zero-order chi connectivity index (χ0) is 21.0. The number of anilines is 1. The van der Waals surface area contributed by atoms with E-state index in [1.165, 1.54) is 11.1 Å². The van der Waals surface area contributed by atoms with E-state index in [2.05, 4.69) is 66.3 Å². The average Bonchev–Trinajstić information content (AvgIpc) is 2.70. The molecule has 0 aliphatic carbocycles. The van der Waals surface area contributed by atoms with Crippen molar-refractivity contribution in [1.82, 2.24) is 9.88 Å². The molecule has 2 aromatic carbocycles. The van der Waals surface area contributed by atoms with Gasteiger partial charge in [-0.1, -0.05) is 41.4 Å². The van der Waals surface area contributed by atoms with Gasteiger partial charge in [-0.15, -0.1) is 0 Å². The predicted molar refractivity (Wildman–Crippen MR) is 126 cm³/mol. The lowest BCUT2D eigenvalue weighted by atomic mass is 10.0. The summed E-state index contributed by atoms with van der Waals surface area (Å²) >= 11 is 12.2. The molecule has 3 rings (SSSR count). The Morgan fingerprint density at radius 1 is 1.14 bits per heavy atom. The van der Waals surface area contributed by atoms with Crippen molar-refractivity contribution in [3.05, 3.63) is 69.9 Å². The van der Waals surface area contributed by atoms with E-state index in [1.54, 1.807) is 7.11 Å². The Hall–Kier alpha value is -2.21. The van der Waals surface area contributed by atoms with E-state index in [0.717, 1.165) is 27.7 Å². The monoisotopic (exact) mass is 427 g/mol.